The summed E-state index contributed by atoms with van der Waals surface area (Å²) in [5.41, 5.74) is 3.18. The molecule has 1 heterocycles. The summed E-state index contributed by atoms with van der Waals surface area (Å²) in [7, 11) is 0. The van der Waals surface area contributed by atoms with Crippen molar-refractivity contribution in [3.05, 3.63) is 51.6 Å². The van der Waals surface area contributed by atoms with E-state index in [0.29, 0.717) is 0 Å². The second kappa shape index (κ2) is 6.12. The topological polar surface area (TPSA) is 74.4 Å². The van der Waals surface area contributed by atoms with Crippen LogP contribution in [-0.2, 0) is 16.1 Å². The predicted octanol–water partition coefficient (Wildman–Crippen LogP) is 4.66. The van der Waals surface area contributed by atoms with E-state index in [1.54, 1.807) is 12.1 Å². The number of nitrogens with zero attached hydrogens (tertiary/aromatic N) is 2. The zero-order valence-electron chi connectivity index (χ0n) is 15.6. The molecule has 0 spiro atoms. The molecular weight excluding hydrogens is 332 g/mol. The fourth-order valence-corrected chi connectivity index (χ4v) is 3.34. The molecule has 0 bridgehead atoms. The van der Waals surface area contributed by atoms with Gasteiger partial charge in [-0.25, -0.2) is 0 Å². The summed E-state index contributed by atoms with van der Waals surface area (Å²) in [6.07, 6.45) is 0. The Morgan fingerprint density at radius 1 is 1.15 bits per heavy atom. The van der Waals surface area contributed by atoms with Crippen molar-refractivity contribution >= 4 is 33.5 Å². The van der Waals surface area contributed by atoms with Crippen molar-refractivity contribution in [1.82, 2.24) is 4.57 Å². The van der Waals surface area contributed by atoms with Crippen LogP contribution in [0.25, 0.3) is 21.8 Å². The number of nitro benzene ring substituents is 1. The highest BCUT2D eigenvalue weighted by atomic mass is 16.6. The van der Waals surface area contributed by atoms with E-state index in [1.807, 2.05) is 51.3 Å². The van der Waals surface area contributed by atoms with Crippen molar-refractivity contribution in [2.24, 2.45) is 0 Å². The molecule has 136 valence electrons. The Morgan fingerprint density at radius 3 is 2.42 bits per heavy atom. The summed E-state index contributed by atoms with van der Waals surface area (Å²) in [6, 6.07) is 8.74. The molecule has 26 heavy (non-hydrogen) atoms. The number of rotatable bonds is 3. The molecule has 0 N–H and O–H groups in total. The molecule has 0 saturated carbocycles. The molecule has 2 aromatic carbocycles. The number of aromatic nitrogens is 1. The van der Waals surface area contributed by atoms with Crippen LogP contribution in [0.1, 0.15) is 31.9 Å². The van der Waals surface area contributed by atoms with Crippen LogP contribution in [0.2, 0.25) is 0 Å². The summed E-state index contributed by atoms with van der Waals surface area (Å²) in [6.45, 7) is 9.48. The lowest BCUT2D eigenvalue weighted by Crippen LogP contribution is -2.26. The highest BCUT2D eigenvalue weighted by Gasteiger charge is 2.21. The Hall–Kier alpha value is -2.89. The van der Waals surface area contributed by atoms with Crippen LogP contribution in [-0.4, -0.2) is 21.1 Å². The van der Waals surface area contributed by atoms with Crippen molar-refractivity contribution in [3.63, 3.8) is 0 Å². The molecule has 0 atom stereocenters. The van der Waals surface area contributed by atoms with E-state index in [1.165, 1.54) is 6.07 Å². The number of fused-ring (bicyclic) bond motifs is 3. The van der Waals surface area contributed by atoms with Crippen LogP contribution in [0, 0.1) is 24.0 Å². The van der Waals surface area contributed by atoms with Gasteiger partial charge in [-0.05, 0) is 51.8 Å². The third-order valence-corrected chi connectivity index (χ3v) is 4.32. The molecule has 0 unspecified atom stereocenters. The molecule has 6 heteroatoms. The van der Waals surface area contributed by atoms with Gasteiger partial charge >= 0.3 is 5.97 Å². The quantitative estimate of drug-likeness (QED) is 0.389. The normalized spacial score (nSPS) is 11.9. The zero-order chi connectivity index (χ0) is 19.2. The van der Waals surface area contributed by atoms with Crippen molar-refractivity contribution in [2.75, 3.05) is 0 Å². The van der Waals surface area contributed by atoms with E-state index >= 15 is 0 Å². The number of benzene rings is 2. The molecule has 0 aliphatic heterocycles. The van der Waals surface area contributed by atoms with Gasteiger partial charge in [0.1, 0.15) is 12.1 Å². The number of hydrogen-bond acceptors (Lipinski definition) is 4. The molecule has 0 saturated heterocycles. The molecule has 0 fully saturated rings. The Balaban J connectivity index is 2.28. The van der Waals surface area contributed by atoms with Gasteiger partial charge in [0, 0.05) is 22.9 Å². The van der Waals surface area contributed by atoms with Crippen molar-refractivity contribution in [3.8, 4) is 0 Å². The first-order valence-electron chi connectivity index (χ1n) is 8.47. The van der Waals surface area contributed by atoms with Gasteiger partial charge in [0.25, 0.3) is 5.69 Å². The molecule has 0 aliphatic rings. The molecule has 3 aromatic rings. The number of carbonyl (C=O) groups excluding carboxylic acids is 1. The Kier molecular flexibility index (Phi) is 4.22. The van der Waals surface area contributed by atoms with Crippen LogP contribution in [0.5, 0.6) is 0 Å². The largest absolute Gasteiger partial charge is 0.459 e. The number of ether oxygens (including phenoxy) is 1. The number of esters is 1. The summed E-state index contributed by atoms with van der Waals surface area (Å²) >= 11 is 0. The highest BCUT2D eigenvalue weighted by Crippen LogP contribution is 2.35. The number of nitro groups is 1. The fourth-order valence-electron chi connectivity index (χ4n) is 3.34. The Morgan fingerprint density at radius 2 is 1.81 bits per heavy atom. The van der Waals surface area contributed by atoms with E-state index in [4.69, 9.17) is 4.74 Å². The molecule has 0 aliphatic carbocycles. The highest BCUT2D eigenvalue weighted by molar-refractivity contribution is 6.11. The van der Waals surface area contributed by atoms with Gasteiger partial charge in [-0.15, -0.1) is 0 Å². The minimum Gasteiger partial charge on any atom is -0.459 e. The van der Waals surface area contributed by atoms with Gasteiger partial charge in [-0.3, -0.25) is 14.9 Å². The number of non-ortho nitro benzene ring substituents is 1. The maximum atomic E-state index is 12.4. The lowest BCUT2D eigenvalue weighted by atomic mass is 10.0. The summed E-state index contributed by atoms with van der Waals surface area (Å²) in [5.74, 6) is -0.337. The first-order valence-corrected chi connectivity index (χ1v) is 8.47. The third-order valence-electron chi connectivity index (χ3n) is 4.32. The number of aryl methyl sites for hydroxylation is 2. The van der Waals surface area contributed by atoms with E-state index in [2.05, 4.69) is 0 Å². The maximum absolute atomic E-state index is 12.4. The first kappa shape index (κ1) is 17.9. The number of carbonyl (C=O) groups is 1. The van der Waals surface area contributed by atoms with Crippen LogP contribution < -0.4 is 0 Å². The van der Waals surface area contributed by atoms with Crippen LogP contribution in [0.15, 0.2) is 30.3 Å². The summed E-state index contributed by atoms with van der Waals surface area (Å²) < 4.78 is 7.37. The average molecular weight is 354 g/mol. The zero-order valence-corrected chi connectivity index (χ0v) is 15.6. The van der Waals surface area contributed by atoms with E-state index in [9.17, 15) is 14.9 Å². The Labute approximate surface area is 151 Å². The standard InChI is InChI=1S/C20H22N2O4/c1-12-6-7-13(2)19-18(12)15-10-14(22(24)25)8-9-16(15)21(19)11-17(23)26-20(3,4)5/h6-10H,11H2,1-5H3. The molecule has 3 rings (SSSR count). The van der Waals surface area contributed by atoms with Crippen molar-refractivity contribution in [1.29, 1.82) is 0 Å². The van der Waals surface area contributed by atoms with Crippen LogP contribution in [0.4, 0.5) is 5.69 Å². The lowest BCUT2D eigenvalue weighted by molar-refractivity contribution is -0.384. The third kappa shape index (κ3) is 3.14. The van der Waals surface area contributed by atoms with Crippen LogP contribution >= 0.6 is 0 Å². The predicted molar refractivity (Wildman–Crippen MR) is 101 cm³/mol. The van der Waals surface area contributed by atoms with Gasteiger partial charge in [0.15, 0.2) is 0 Å². The number of hydrogen-bond donors (Lipinski definition) is 0. The summed E-state index contributed by atoms with van der Waals surface area (Å²) in [4.78, 5) is 23.2. The molecular formula is C20H22N2O4. The molecule has 0 amide bonds. The van der Waals surface area contributed by atoms with Gasteiger partial charge in [0.05, 0.1) is 16.0 Å². The van der Waals surface area contributed by atoms with E-state index in [-0.39, 0.29) is 18.2 Å². The van der Waals surface area contributed by atoms with E-state index < -0.39 is 10.5 Å². The van der Waals surface area contributed by atoms with Gasteiger partial charge in [-0.2, -0.15) is 0 Å². The monoisotopic (exact) mass is 354 g/mol. The second-order valence-electron chi connectivity index (χ2n) is 7.55. The van der Waals surface area contributed by atoms with E-state index in [0.717, 1.165) is 32.9 Å². The smallest absolute Gasteiger partial charge is 0.326 e. The lowest BCUT2D eigenvalue weighted by Gasteiger charge is -2.20. The van der Waals surface area contributed by atoms with Gasteiger partial charge in [-0.1, -0.05) is 12.1 Å². The van der Waals surface area contributed by atoms with Gasteiger partial charge < -0.3 is 9.30 Å². The van der Waals surface area contributed by atoms with Crippen molar-refractivity contribution in [2.45, 2.75) is 46.8 Å². The first-order chi connectivity index (χ1) is 12.1. The minimum atomic E-state index is -0.570. The fraction of sp³-hybridized carbons (Fsp3) is 0.350. The van der Waals surface area contributed by atoms with Crippen molar-refractivity contribution < 1.29 is 14.5 Å². The molecule has 0 radical (unpaired) electrons. The Bertz CT molecular complexity index is 1040. The maximum Gasteiger partial charge on any atom is 0.326 e. The second-order valence-corrected chi connectivity index (χ2v) is 7.55. The van der Waals surface area contributed by atoms with Gasteiger partial charge in [0.2, 0.25) is 0 Å². The average Bonchev–Trinajstić information content (AvgIpc) is 2.84. The SMILES string of the molecule is Cc1ccc(C)c2c1c1cc([N+](=O)[O-])ccc1n2CC(=O)OC(C)(C)C. The minimum absolute atomic E-state index is 0.0368. The summed E-state index contributed by atoms with van der Waals surface area (Å²) in [5, 5.41) is 12.9. The van der Waals surface area contributed by atoms with Crippen LogP contribution in [0.3, 0.4) is 0 Å². The molecule has 1 aromatic heterocycles. The molecule has 6 nitrogen and oxygen atoms in total.